The van der Waals surface area contributed by atoms with Crippen LogP contribution >= 0.6 is 11.8 Å². The fourth-order valence-electron chi connectivity index (χ4n) is 1.85. The van der Waals surface area contributed by atoms with Gasteiger partial charge in [-0.3, -0.25) is 4.79 Å². The van der Waals surface area contributed by atoms with Gasteiger partial charge in [0.15, 0.2) is 0 Å². The van der Waals surface area contributed by atoms with Crippen molar-refractivity contribution in [2.75, 3.05) is 18.1 Å². The number of rotatable bonds is 5. The highest BCUT2D eigenvalue weighted by Gasteiger charge is 2.22. The third-order valence-corrected chi connectivity index (χ3v) is 3.95. The first kappa shape index (κ1) is 12.8. The highest BCUT2D eigenvalue weighted by molar-refractivity contribution is 7.99. The molecule has 88 valence electrons. The lowest BCUT2D eigenvalue weighted by molar-refractivity contribution is -0.140. The lowest BCUT2D eigenvalue weighted by Crippen LogP contribution is -2.43. The van der Waals surface area contributed by atoms with Crippen LogP contribution in [0.5, 0.6) is 0 Å². The first-order valence-corrected chi connectivity index (χ1v) is 6.80. The smallest absolute Gasteiger partial charge is 0.320 e. The third kappa shape index (κ3) is 4.43. The van der Waals surface area contributed by atoms with E-state index in [0.717, 1.165) is 6.54 Å². The quantitative estimate of drug-likeness (QED) is 0.758. The number of thioether (sulfide) groups is 1. The fourth-order valence-corrected chi connectivity index (χ4v) is 3.06. The minimum absolute atomic E-state index is 0.153. The highest BCUT2D eigenvalue weighted by Crippen LogP contribution is 2.22. The molecular weight excluding hydrogens is 210 g/mol. The van der Waals surface area contributed by atoms with E-state index in [-0.39, 0.29) is 12.0 Å². The van der Waals surface area contributed by atoms with E-state index in [2.05, 4.69) is 5.32 Å². The molecule has 3 nitrogen and oxygen atoms in total. The maximum atomic E-state index is 10.9. The average molecular weight is 231 g/mol. The van der Waals surface area contributed by atoms with Crippen LogP contribution in [0.1, 0.15) is 26.7 Å². The number of hydrogen-bond donors (Lipinski definition) is 2. The van der Waals surface area contributed by atoms with Gasteiger partial charge in [-0.1, -0.05) is 13.8 Å². The third-order valence-electron chi connectivity index (χ3n) is 2.90. The maximum Gasteiger partial charge on any atom is 0.320 e. The minimum Gasteiger partial charge on any atom is -0.480 e. The Hall–Kier alpha value is -0.220. The maximum absolute atomic E-state index is 10.9. The Morgan fingerprint density at radius 3 is 2.53 bits per heavy atom. The van der Waals surface area contributed by atoms with Crippen LogP contribution < -0.4 is 5.32 Å². The van der Waals surface area contributed by atoms with E-state index in [1.165, 1.54) is 24.3 Å². The zero-order valence-corrected chi connectivity index (χ0v) is 10.3. The van der Waals surface area contributed by atoms with E-state index in [1.54, 1.807) is 0 Å². The minimum atomic E-state index is -0.727. The zero-order valence-electron chi connectivity index (χ0n) is 9.53. The summed E-state index contributed by atoms with van der Waals surface area (Å²) in [5.74, 6) is 2.56. The standard InChI is InChI=1S/C11H21NO2S/c1-8(2)10(11(13)14)12-7-9-3-5-15-6-4-9/h8-10,12H,3-7H2,1-2H3,(H,13,14)/t10-/m0/s1. The van der Waals surface area contributed by atoms with Gasteiger partial charge in [-0.25, -0.2) is 0 Å². The van der Waals surface area contributed by atoms with Crippen molar-refractivity contribution in [1.29, 1.82) is 0 Å². The van der Waals surface area contributed by atoms with Crippen molar-refractivity contribution in [1.82, 2.24) is 5.32 Å². The number of carboxylic acids is 1. The Bertz CT molecular complexity index is 203. The van der Waals surface area contributed by atoms with Gasteiger partial charge in [-0.15, -0.1) is 0 Å². The molecule has 1 fully saturated rings. The van der Waals surface area contributed by atoms with Crippen LogP contribution in [0.4, 0.5) is 0 Å². The molecule has 0 amide bonds. The Morgan fingerprint density at radius 2 is 2.07 bits per heavy atom. The summed E-state index contributed by atoms with van der Waals surface area (Å²) in [5.41, 5.74) is 0. The van der Waals surface area contributed by atoms with E-state index in [4.69, 9.17) is 5.11 Å². The fraction of sp³-hybridized carbons (Fsp3) is 0.909. The van der Waals surface area contributed by atoms with Crippen LogP contribution in [0.15, 0.2) is 0 Å². The SMILES string of the molecule is CC(C)[C@H](NCC1CCSCC1)C(=O)O. The molecule has 1 saturated heterocycles. The van der Waals surface area contributed by atoms with Crippen LogP contribution in [-0.4, -0.2) is 35.2 Å². The second-order valence-electron chi connectivity index (χ2n) is 4.52. The summed E-state index contributed by atoms with van der Waals surface area (Å²) in [7, 11) is 0. The van der Waals surface area contributed by atoms with Gasteiger partial charge in [0, 0.05) is 0 Å². The summed E-state index contributed by atoms with van der Waals surface area (Å²) in [6.45, 7) is 4.75. The number of hydrogen-bond acceptors (Lipinski definition) is 3. The van der Waals surface area contributed by atoms with Crippen molar-refractivity contribution < 1.29 is 9.90 Å². The lowest BCUT2D eigenvalue weighted by atomic mass is 10.00. The normalized spacial score (nSPS) is 20.5. The first-order valence-electron chi connectivity index (χ1n) is 5.65. The molecule has 1 atom stereocenters. The second-order valence-corrected chi connectivity index (χ2v) is 5.75. The Labute approximate surface area is 96.0 Å². The molecule has 0 aliphatic carbocycles. The van der Waals surface area contributed by atoms with Gasteiger partial charge in [0.05, 0.1) is 0 Å². The molecule has 1 rings (SSSR count). The summed E-state index contributed by atoms with van der Waals surface area (Å²) in [5, 5.41) is 12.2. The van der Waals surface area contributed by atoms with Gasteiger partial charge >= 0.3 is 5.97 Å². The molecule has 0 aromatic heterocycles. The van der Waals surface area contributed by atoms with Gasteiger partial charge < -0.3 is 10.4 Å². The van der Waals surface area contributed by atoms with E-state index in [1.807, 2.05) is 25.6 Å². The van der Waals surface area contributed by atoms with Crippen molar-refractivity contribution in [2.24, 2.45) is 11.8 Å². The molecule has 1 aliphatic rings. The summed E-state index contributed by atoms with van der Waals surface area (Å²) in [6.07, 6.45) is 2.45. The van der Waals surface area contributed by atoms with Gasteiger partial charge in [0.1, 0.15) is 6.04 Å². The predicted octanol–water partition coefficient (Wildman–Crippen LogP) is 1.83. The average Bonchev–Trinajstić information content (AvgIpc) is 2.18. The van der Waals surface area contributed by atoms with E-state index >= 15 is 0 Å². The summed E-state index contributed by atoms with van der Waals surface area (Å²) >= 11 is 2.00. The molecule has 0 aromatic carbocycles. The second kappa shape index (κ2) is 6.38. The van der Waals surface area contributed by atoms with Crippen molar-refractivity contribution in [3.8, 4) is 0 Å². The van der Waals surface area contributed by atoms with Crippen LogP contribution in [0.25, 0.3) is 0 Å². The largest absolute Gasteiger partial charge is 0.480 e. The molecule has 0 bridgehead atoms. The van der Waals surface area contributed by atoms with E-state index < -0.39 is 5.97 Å². The molecule has 1 heterocycles. The van der Waals surface area contributed by atoms with Crippen molar-refractivity contribution >= 4 is 17.7 Å². The molecule has 0 saturated carbocycles. The van der Waals surface area contributed by atoms with Crippen LogP contribution in [-0.2, 0) is 4.79 Å². The lowest BCUT2D eigenvalue weighted by Gasteiger charge is -2.25. The molecule has 0 radical (unpaired) electrons. The summed E-state index contributed by atoms with van der Waals surface area (Å²) in [4.78, 5) is 10.9. The Balaban J connectivity index is 2.29. The molecule has 4 heteroatoms. The van der Waals surface area contributed by atoms with Crippen molar-refractivity contribution in [2.45, 2.75) is 32.7 Å². The van der Waals surface area contributed by atoms with Gasteiger partial charge in [0.2, 0.25) is 0 Å². The van der Waals surface area contributed by atoms with Gasteiger partial charge in [0.25, 0.3) is 0 Å². The number of carbonyl (C=O) groups is 1. The molecular formula is C11H21NO2S. The summed E-state index contributed by atoms with van der Waals surface area (Å²) in [6, 6.07) is -0.389. The molecule has 0 spiro atoms. The van der Waals surface area contributed by atoms with E-state index in [9.17, 15) is 4.79 Å². The number of carboxylic acid groups (broad SMARTS) is 1. The molecule has 1 aliphatic heterocycles. The van der Waals surface area contributed by atoms with Crippen molar-refractivity contribution in [3.63, 3.8) is 0 Å². The molecule has 0 aromatic rings. The number of aliphatic carboxylic acids is 1. The van der Waals surface area contributed by atoms with Gasteiger partial charge in [-0.2, -0.15) is 11.8 Å². The van der Waals surface area contributed by atoms with Gasteiger partial charge in [-0.05, 0) is 42.7 Å². The number of nitrogens with one attached hydrogen (secondary N) is 1. The molecule has 2 N–H and O–H groups in total. The predicted molar refractivity (Wildman–Crippen MR) is 64.3 cm³/mol. The van der Waals surface area contributed by atoms with Crippen LogP contribution in [0.2, 0.25) is 0 Å². The molecule has 0 unspecified atom stereocenters. The topological polar surface area (TPSA) is 49.3 Å². The Kier molecular flexibility index (Phi) is 5.47. The first-order chi connectivity index (χ1) is 7.11. The van der Waals surface area contributed by atoms with E-state index in [0.29, 0.717) is 5.92 Å². The molecule has 15 heavy (non-hydrogen) atoms. The van der Waals surface area contributed by atoms with Crippen LogP contribution in [0.3, 0.4) is 0 Å². The van der Waals surface area contributed by atoms with Crippen molar-refractivity contribution in [3.05, 3.63) is 0 Å². The van der Waals surface area contributed by atoms with Crippen LogP contribution in [0, 0.1) is 11.8 Å². The zero-order chi connectivity index (χ0) is 11.3. The Morgan fingerprint density at radius 1 is 1.47 bits per heavy atom. The highest BCUT2D eigenvalue weighted by atomic mass is 32.2. The summed E-state index contributed by atoms with van der Waals surface area (Å²) < 4.78 is 0. The monoisotopic (exact) mass is 231 g/mol.